The lowest BCUT2D eigenvalue weighted by atomic mass is 10.0. The highest BCUT2D eigenvalue weighted by Gasteiger charge is 2.33. The molecule has 4 rings (SSSR count). The SMILES string of the molecule is Cc1ccc([C@@H](c2sc3nc(C)nn3c2O)N2C[C@@H](C)O[C@H](C)C2)cc1. The van der Waals surface area contributed by atoms with Gasteiger partial charge in [-0.1, -0.05) is 41.2 Å². The Labute approximate surface area is 157 Å². The van der Waals surface area contributed by atoms with Crippen LogP contribution in [0.25, 0.3) is 4.96 Å². The number of thiazole rings is 1. The first-order chi connectivity index (χ1) is 12.4. The van der Waals surface area contributed by atoms with Crippen molar-refractivity contribution in [3.63, 3.8) is 0 Å². The highest BCUT2D eigenvalue weighted by molar-refractivity contribution is 7.17. The van der Waals surface area contributed by atoms with Crippen LogP contribution in [0.15, 0.2) is 24.3 Å². The summed E-state index contributed by atoms with van der Waals surface area (Å²) in [6.45, 7) is 9.74. The van der Waals surface area contributed by atoms with Gasteiger partial charge >= 0.3 is 0 Å². The Bertz CT molecular complexity index is 908. The van der Waals surface area contributed by atoms with E-state index in [-0.39, 0.29) is 24.1 Å². The maximum atomic E-state index is 10.9. The summed E-state index contributed by atoms with van der Waals surface area (Å²) < 4.78 is 7.46. The molecule has 1 saturated heterocycles. The van der Waals surface area contributed by atoms with Crippen LogP contribution < -0.4 is 0 Å². The number of morpholine rings is 1. The van der Waals surface area contributed by atoms with Gasteiger partial charge in [0.2, 0.25) is 10.8 Å². The third-order valence-electron chi connectivity index (χ3n) is 4.76. The van der Waals surface area contributed by atoms with Crippen molar-refractivity contribution in [2.24, 2.45) is 0 Å². The molecule has 1 aliphatic rings. The molecule has 0 bridgehead atoms. The molecule has 2 aromatic heterocycles. The molecule has 138 valence electrons. The van der Waals surface area contributed by atoms with E-state index in [1.807, 2.05) is 6.92 Å². The number of hydrogen-bond donors (Lipinski definition) is 1. The molecule has 0 aliphatic carbocycles. The fourth-order valence-electron chi connectivity index (χ4n) is 3.73. The number of aryl methyl sites for hydroxylation is 2. The zero-order chi connectivity index (χ0) is 18.4. The molecule has 6 nitrogen and oxygen atoms in total. The van der Waals surface area contributed by atoms with Crippen LogP contribution in [-0.2, 0) is 4.74 Å². The summed E-state index contributed by atoms with van der Waals surface area (Å²) in [4.78, 5) is 8.42. The Hall–Kier alpha value is -1.96. The first-order valence-electron chi connectivity index (χ1n) is 8.93. The van der Waals surface area contributed by atoms with Gasteiger partial charge in [0.15, 0.2) is 0 Å². The molecule has 1 fully saturated rings. The summed E-state index contributed by atoms with van der Waals surface area (Å²) >= 11 is 1.50. The average molecular weight is 372 g/mol. The second-order valence-corrected chi connectivity index (χ2v) is 8.18. The van der Waals surface area contributed by atoms with E-state index in [2.05, 4.69) is 60.0 Å². The topological polar surface area (TPSA) is 62.9 Å². The van der Waals surface area contributed by atoms with Crippen LogP contribution in [-0.4, -0.2) is 49.9 Å². The molecule has 7 heteroatoms. The summed E-state index contributed by atoms with van der Waals surface area (Å²) in [7, 11) is 0. The third kappa shape index (κ3) is 3.11. The first-order valence-corrected chi connectivity index (χ1v) is 9.75. The smallest absolute Gasteiger partial charge is 0.230 e. The molecule has 3 aromatic rings. The van der Waals surface area contributed by atoms with Gasteiger partial charge in [-0.25, -0.2) is 4.98 Å². The number of benzene rings is 1. The molecule has 3 atom stereocenters. The van der Waals surface area contributed by atoms with Gasteiger partial charge in [-0.15, -0.1) is 5.10 Å². The zero-order valence-electron chi connectivity index (χ0n) is 15.5. The Morgan fingerprint density at radius 3 is 2.42 bits per heavy atom. The minimum absolute atomic E-state index is 0.0433. The predicted molar refractivity (Wildman–Crippen MR) is 102 cm³/mol. The Balaban J connectivity index is 1.82. The monoisotopic (exact) mass is 372 g/mol. The maximum Gasteiger partial charge on any atom is 0.230 e. The molecule has 26 heavy (non-hydrogen) atoms. The van der Waals surface area contributed by atoms with E-state index in [1.54, 1.807) is 4.52 Å². The van der Waals surface area contributed by atoms with Crippen molar-refractivity contribution in [1.29, 1.82) is 0 Å². The molecular formula is C19H24N4O2S. The van der Waals surface area contributed by atoms with Crippen LogP contribution in [0.3, 0.4) is 0 Å². The van der Waals surface area contributed by atoms with Crippen LogP contribution in [0.5, 0.6) is 5.88 Å². The molecule has 0 spiro atoms. The lowest BCUT2D eigenvalue weighted by Crippen LogP contribution is -2.47. The molecule has 0 unspecified atom stereocenters. The van der Waals surface area contributed by atoms with Crippen molar-refractivity contribution < 1.29 is 9.84 Å². The average Bonchev–Trinajstić information content (AvgIpc) is 3.07. The van der Waals surface area contributed by atoms with Crippen molar-refractivity contribution in [3.8, 4) is 5.88 Å². The summed E-state index contributed by atoms with van der Waals surface area (Å²) in [6.07, 6.45) is 0.302. The van der Waals surface area contributed by atoms with E-state index in [0.717, 1.165) is 28.5 Å². The van der Waals surface area contributed by atoms with Crippen LogP contribution in [0, 0.1) is 13.8 Å². The quantitative estimate of drug-likeness (QED) is 0.764. The number of aromatic hydroxyl groups is 1. The molecule has 0 amide bonds. The highest BCUT2D eigenvalue weighted by atomic mass is 32.1. The Kier molecular flexibility index (Phi) is 4.46. The molecule has 3 heterocycles. The van der Waals surface area contributed by atoms with Gasteiger partial charge in [0.1, 0.15) is 5.82 Å². The molecule has 0 radical (unpaired) electrons. The third-order valence-corrected chi connectivity index (χ3v) is 5.83. The highest BCUT2D eigenvalue weighted by Crippen LogP contribution is 2.40. The van der Waals surface area contributed by atoms with Crippen molar-refractivity contribution in [2.75, 3.05) is 13.1 Å². The fraction of sp³-hybridized carbons (Fsp3) is 0.474. The van der Waals surface area contributed by atoms with E-state index >= 15 is 0 Å². The van der Waals surface area contributed by atoms with Crippen molar-refractivity contribution in [2.45, 2.75) is 45.9 Å². The second-order valence-electron chi connectivity index (χ2n) is 7.17. The van der Waals surface area contributed by atoms with Gasteiger partial charge in [-0.2, -0.15) is 4.52 Å². The number of aromatic nitrogens is 3. The van der Waals surface area contributed by atoms with E-state index in [4.69, 9.17) is 4.74 Å². The standard InChI is InChI=1S/C19H24N4O2S/c1-11-5-7-15(8-6-11)16(22-9-12(2)25-13(3)10-22)17-18(24)23-19(26-17)20-14(4)21-23/h5-8,12-13,16,24H,9-10H2,1-4H3/t12-,13-,16+/m1/s1. The van der Waals surface area contributed by atoms with E-state index < -0.39 is 0 Å². The van der Waals surface area contributed by atoms with E-state index in [0.29, 0.717) is 5.82 Å². The van der Waals surface area contributed by atoms with Gasteiger partial charge in [0, 0.05) is 13.1 Å². The van der Waals surface area contributed by atoms with Crippen LogP contribution in [0.4, 0.5) is 0 Å². The first kappa shape index (κ1) is 17.5. The lowest BCUT2D eigenvalue weighted by Gasteiger charge is -2.40. The molecule has 1 N–H and O–H groups in total. The number of ether oxygens (including phenoxy) is 1. The van der Waals surface area contributed by atoms with E-state index in [9.17, 15) is 5.11 Å². The van der Waals surface area contributed by atoms with Crippen LogP contribution >= 0.6 is 11.3 Å². The van der Waals surface area contributed by atoms with Gasteiger partial charge in [-0.05, 0) is 33.3 Å². The van der Waals surface area contributed by atoms with Gasteiger partial charge in [0.05, 0.1) is 23.1 Å². The van der Waals surface area contributed by atoms with Gasteiger partial charge < -0.3 is 9.84 Å². The van der Waals surface area contributed by atoms with Gasteiger partial charge in [0.25, 0.3) is 0 Å². The molecular weight excluding hydrogens is 348 g/mol. The summed E-state index contributed by atoms with van der Waals surface area (Å²) in [5.41, 5.74) is 2.38. The second kappa shape index (κ2) is 6.64. The molecule has 0 saturated carbocycles. The normalized spacial score (nSPS) is 22.8. The number of nitrogens with zero attached hydrogens (tertiary/aromatic N) is 4. The van der Waals surface area contributed by atoms with Crippen molar-refractivity contribution in [3.05, 3.63) is 46.1 Å². The molecule has 1 aliphatic heterocycles. The number of rotatable bonds is 3. The minimum Gasteiger partial charge on any atom is -0.492 e. The lowest BCUT2D eigenvalue weighted by molar-refractivity contribution is -0.0764. The largest absolute Gasteiger partial charge is 0.492 e. The van der Waals surface area contributed by atoms with Crippen LogP contribution in [0.1, 0.15) is 41.7 Å². The van der Waals surface area contributed by atoms with Crippen molar-refractivity contribution in [1.82, 2.24) is 19.5 Å². The number of hydrogen-bond acceptors (Lipinski definition) is 6. The van der Waals surface area contributed by atoms with Crippen molar-refractivity contribution >= 4 is 16.3 Å². The number of fused-ring (bicyclic) bond motifs is 1. The maximum absolute atomic E-state index is 10.9. The summed E-state index contributed by atoms with van der Waals surface area (Å²) in [6, 6.07) is 8.48. The molecule has 1 aromatic carbocycles. The predicted octanol–water partition coefficient (Wildman–Crippen LogP) is 3.31. The Morgan fingerprint density at radius 1 is 1.15 bits per heavy atom. The fourth-order valence-corrected chi connectivity index (χ4v) is 4.89. The van der Waals surface area contributed by atoms with E-state index in [1.165, 1.54) is 16.9 Å². The zero-order valence-corrected chi connectivity index (χ0v) is 16.3. The van der Waals surface area contributed by atoms with Crippen LogP contribution in [0.2, 0.25) is 0 Å². The minimum atomic E-state index is -0.0433. The summed E-state index contributed by atoms with van der Waals surface area (Å²) in [5, 5.41) is 15.2. The Morgan fingerprint density at radius 2 is 1.81 bits per heavy atom. The van der Waals surface area contributed by atoms with Gasteiger partial charge in [-0.3, -0.25) is 4.90 Å². The summed E-state index contributed by atoms with van der Waals surface area (Å²) in [5.74, 6) is 0.849.